The highest BCUT2D eigenvalue weighted by molar-refractivity contribution is 6.08. The third-order valence-electron chi connectivity index (χ3n) is 4.77. The Morgan fingerprint density at radius 2 is 1.67 bits per heavy atom. The number of imide groups is 1. The molecule has 1 heterocycles. The van der Waals surface area contributed by atoms with Gasteiger partial charge in [0.2, 0.25) is 11.8 Å². The second-order valence-corrected chi connectivity index (χ2v) is 6.47. The molecule has 0 unspecified atom stereocenters. The molecule has 1 aliphatic heterocycles. The van der Waals surface area contributed by atoms with Gasteiger partial charge in [-0.05, 0) is 32.3 Å². The van der Waals surface area contributed by atoms with Gasteiger partial charge in [-0.1, -0.05) is 42.0 Å². The maximum Gasteiger partial charge on any atom is 0.329 e. The molecule has 1 saturated heterocycles. The first-order valence-electron chi connectivity index (χ1n) is 8.23. The monoisotopic (exact) mass is 327 g/mol. The van der Waals surface area contributed by atoms with Crippen LogP contribution in [0.2, 0.25) is 0 Å². The maximum atomic E-state index is 12.5. The zero-order valence-corrected chi connectivity index (χ0v) is 13.9. The molecule has 0 N–H and O–H groups in total. The van der Waals surface area contributed by atoms with Crippen LogP contribution in [0.4, 0.5) is 0 Å². The van der Waals surface area contributed by atoms with E-state index in [2.05, 4.69) is 0 Å². The quantitative estimate of drug-likeness (QED) is 0.484. The highest BCUT2D eigenvalue weighted by Gasteiger charge is 2.50. The van der Waals surface area contributed by atoms with Crippen molar-refractivity contribution in [2.24, 2.45) is 11.8 Å². The van der Waals surface area contributed by atoms with E-state index in [1.807, 2.05) is 43.3 Å². The van der Waals surface area contributed by atoms with E-state index >= 15 is 0 Å². The molecule has 3 atom stereocenters. The summed E-state index contributed by atoms with van der Waals surface area (Å²) in [5.74, 6) is -1.71. The van der Waals surface area contributed by atoms with Crippen LogP contribution in [-0.2, 0) is 25.7 Å². The van der Waals surface area contributed by atoms with Gasteiger partial charge in [-0.25, -0.2) is 4.79 Å². The lowest BCUT2D eigenvalue weighted by Gasteiger charge is -2.21. The Morgan fingerprint density at radius 1 is 1.12 bits per heavy atom. The molecule has 126 valence electrons. The molecule has 0 saturated carbocycles. The standard InChI is InChI=1S/C19H21NO4/c1-12-7-9-14(10-8-12)11-24-19(23)13(2)20-17(21)15-5-3-4-6-16(15)18(20)22/h3-4,7-10,13,15-16H,5-6,11H2,1-2H3/t13-,15+,16+/m0/s1. The summed E-state index contributed by atoms with van der Waals surface area (Å²) in [6.45, 7) is 3.67. The number of nitrogens with zero attached hydrogens (tertiary/aromatic N) is 1. The summed E-state index contributed by atoms with van der Waals surface area (Å²) in [6.07, 6.45) is 4.99. The first-order chi connectivity index (χ1) is 11.5. The van der Waals surface area contributed by atoms with E-state index in [9.17, 15) is 14.4 Å². The van der Waals surface area contributed by atoms with Gasteiger partial charge in [0.1, 0.15) is 12.6 Å². The molecule has 1 aromatic carbocycles. The topological polar surface area (TPSA) is 63.7 Å². The number of fused-ring (bicyclic) bond motifs is 1. The molecule has 0 radical (unpaired) electrons. The maximum absolute atomic E-state index is 12.5. The highest BCUT2D eigenvalue weighted by Crippen LogP contribution is 2.36. The number of carbonyl (C=O) groups is 3. The summed E-state index contributed by atoms with van der Waals surface area (Å²) in [6, 6.07) is 6.77. The summed E-state index contributed by atoms with van der Waals surface area (Å²) in [5.41, 5.74) is 2.00. The number of carbonyl (C=O) groups excluding carboxylic acids is 3. The van der Waals surface area contributed by atoms with Crippen molar-refractivity contribution in [3.63, 3.8) is 0 Å². The van der Waals surface area contributed by atoms with E-state index in [-0.39, 0.29) is 30.3 Å². The first kappa shape index (κ1) is 16.4. The lowest BCUT2D eigenvalue weighted by molar-refractivity contribution is -0.159. The molecule has 1 aromatic rings. The number of esters is 1. The van der Waals surface area contributed by atoms with Gasteiger partial charge in [-0.2, -0.15) is 0 Å². The number of hydrogen-bond acceptors (Lipinski definition) is 4. The van der Waals surface area contributed by atoms with Crippen LogP contribution in [0.25, 0.3) is 0 Å². The third-order valence-corrected chi connectivity index (χ3v) is 4.77. The normalized spacial score (nSPS) is 24.0. The minimum atomic E-state index is -0.888. The molecule has 2 amide bonds. The van der Waals surface area contributed by atoms with E-state index in [0.717, 1.165) is 16.0 Å². The highest BCUT2D eigenvalue weighted by atomic mass is 16.5. The first-order valence-corrected chi connectivity index (χ1v) is 8.23. The van der Waals surface area contributed by atoms with Gasteiger partial charge in [0.05, 0.1) is 11.8 Å². The van der Waals surface area contributed by atoms with Gasteiger partial charge in [0, 0.05) is 0 Å². The zero-order chi connectivity index (χ0) is 17.3. The number of amides is 2. The molecule has 0 bridgehead atoms. The molecular weight excluding hydrogens is 306 g/mol. The van der Waals surface area contributed by atoms with Gasteiger partial charge < -0.3 is 4.74 Å². The molecule has 5 nitrogen and oxygen atoms in total. The second-order valence-electron chi connectivity index (χ2n) is 6.47. The van der Waals surface area contributed by atoms with Crippen LogP contribution >= 0.6 is 0 Å². The second kappa shape index (κ2) is 6.59. The lowest BCUT2D eigenvalue weighted by atomic mass is 9.85. The molecule has 0 spiro atoms. The van der Waals surface area contributed by atoms with Crippen LogP contribution < -0.4 is 0 Å². The Labute approximate surface area is 141 Å². The minimum Gasteiger partial charge on any atom is -0.459 e. The number of ether oxygens (including phenoxy) is 1. The van der Waals surface area contributed by atoms with Crippen molar-refractivity contribution in [1.82, 2.24) is 4.90 Å². The van der Waals surface area contributed by atoms with Gasteiger partial charge >= 0.3 is 5.97 Å². The average molecular weight is 327 g/mol. The molecular formula is C19H21NO4. The summed E-state index contributed by atoms with van der Waals surface area (Å²) in [7, 11) is 0. The number of rotatable bonds is 4. The van der Waals surface area contributed by atoms with E-state index < -0.39 is 12.0 Å². The van der Waals surface area contributed by atoms with Gasteiger partial charge in [-0.3, -0.25) is 14.5 Å². The van der Waals surface area contributed by atoms with Crippen molar-refractivity contribution in [2.45, 2.75) is 39.3 Å². The SMILES string of the molecule is Cc1ccc(COC(=O)[C@H](C)N2C(=O)[C@@H]3CC=CC[C@H]3C2=O)cc1. The predicted octanol–water partition coefficient (Wildman–Crippen LogP) is 2.38. The van der Waals surface area contributed by atoms with Crippen molar-refractivity contribution in [1.29, 1.82) is 0 Å². The third kappa shape index (κ3) is 2.98. The van der Waals surface area contributed by atoms with Crippen LogP contribution in [0.5, 0.6) is 0 Å². The Morgan fingerprint density at radius 3 is 2.21 bits per heavy atom. The van der Waals surface area contributed by atoms with Crippen LogP contribution in [-0.4, -0.2) is 28.7 Å². The lowest BCUT2D eigenvalue weighted by Crippen LogP contribution is -2.44. The summed E-state index contributed by atoms with van der Waals surface area (Å²) in [4.78, 5) is 38.3. The van der Waals surface area contributed by atoms with Gasteiger partial charge in [-0.15, -0.1) is 0 Å². The van der Waals surface area contributed by atoms with Gasteiger partial charge in [0.25, 0.3) is 0 Å². The Bertz CT molecular complexity index is 666. The Kier molecular flexibility index (Phi) is 4.51. The fourth-order valence-corrected chi connectivity index (χ4v) is 3.27. The molecule has 1 aliphatic carbocycles. The van der Waals surface area contributed by atoms with Crippen LogP contribution in [0.15, 0.2) is 36.4 Å². The van der Waals surface area contributed by atoms with E-state index in [1.54, 1.807) is 6.92 Å². The molecule has 24 heavy (non-hydrogen) atoms. The molecule has 0 aromatic heterocycles. The molecule has 1 fully saturated rings. The Hall–Kier alpha value is -2.43. The zero-order valence-electron chi connectivity index (χ0n) is 13.9. The molecule has 2 aliphatic rings. The Balaban J connectivity index is 1.64. The smallest absolute Gasteiger partial charge is 0.329 e. The van der Waals surface area contributed by atoms with Gasteiger partial charge in [0.15, 0.2) is 0 Å². The van der Waals surface area contributed by atoms with Crippen LogP contribution in [0, 0.1) is 18.8 Å². The molecule has 3 rings (SSSR count). The van der Waals surface area contributed by atoms with E-state index in [1.165, 1.54) is 0 Å². The number of likely N-dealkylation sites (tertiary alicyclic amines) is 1. The summed E-state index contributed by atoms with van der Waals surface area (Å²) in [5, 5.41) is 0. The van der Waals surface area contributed by atoms with Crippen molar-refractivity contribution in [3.05, 3.63) is 47.5 Å². The number of hydrogen-bond donors (Lipinski definition) is 0. The van der Waals surface area contributed by atoms with Crippen molar-refractivity contribution in [3.8, 4) is 0 Å². The fourth-order valence-electron chi connectivity index (χ4n) is 3.27. The summed E-state index contributed by atoms with van der Waals surface area (Å²) >= 11 is 0. The number of aryl methyl sites for hydroxylation is 1. The largest absolute Gasteiger partial charge is 0.459 e. The minimum absolute atomic E-state index is 0.133. The number of benzene rings is 1. The number of allylic oxidation sites excluding steroid dienone is 2. The molecule has 5 heteroatoms. The van der Waals surface area contributed by atoms with Crippen LogP contribution in [0.1, 0.15) is 30.9 Å². The fraction of sp³-hybridized carbons (Fsp3) is 0.421. The average Bonchev–Trinajstić information content (AvgIpc) is 2.85. The van der Waals surface area contributed by atoms with Crippen molar-refractivity contribution in [2.75, 3.05) is 0 Å². The van der Waals surface area contributed by atoms with Crippen molar-refractivity contribution >= 4 is 17.8 Å². The summed E-state index contributed by atoms with van der Waals surface area (Å²) < 4.78 is 5.29. The van der Waals surface area contributed by atoms with E-state index in [4.69, 9.17) is 4.74 Å². The predicted molar refractivity (Wildman–Crippen MR) is 87.6 cm³/mol. The van der Waals surface area contributed by atoms with Crippen molar-refractivity contribution < 1.29 is 19.1 Å². The van der Waals surface area contributed by atoms with E-state index in [0.29, 0.717) is 12.8 Å². The van der Waals surface area contributed by atoms with Crippen LogP contribution in [0.3, 0.4) is 0 Å².